The molecule has 46 heavy (non-hydrogen) atoms. The summed E-state index contributed by atoms with van der Waals surface area (Å²) in [4.78, 5) is 4.75. The molecule has 0 unspecified atom stereocenters. The van der Waals surface area contributed by atoms with E-state index in [2.05, 4.69) is 180 Å². The third-order valence-electron chi connectivity index (χ3n) is 9.83. The highest BCUT2D eigenvalue weighted by atomic mass is 16.5. The van der Waals surface area contributed by atoms with Crippen LogP contribution in [0.2, 0.25) is 0 Å². The Kier molecular flexibility index (Phi) is 5.20. The summed E-state index contributed by atoms with van der Waals surface area (Å²) in [6.45, 7) is 0. The molecule has 10 rings (SSSR count). The van der Waals surface area contributed by atoms with Gasteiger partial charge in [0, 0.05) is 16.9 Å². The SMILES string of the molecule is c1ccc(N2c3ccccc3C3(c4ccccc4-c4c3ccc3c4Oc4ccccc4N3c3ccccc3)c3ccccc32)cc1. The molecule has 7 aromatic carbocycles. The molecule has 3 heteroatoms. The van der Waals surface area contributed by atoms with Gasteiger partial charge in [-0.05, 0) is 82.4 Å². The first-order chi connectivity index (χ1) is 22.9. The van der Waals surface area contributed by atoms with E-state index in [1.807, 2.05) is 0 Å². The van der Waals surface area contributed by atoms with Gasteiger partial charge in [-0.3, -0.25) is 0 Å². The molecular formula is C43H28N2O. The van der Waals surface area contributed by atoms with E-state index in [1.165, 1.54) is 39.2 Å². The Bertz CT molecular complexity index is 2260. The topological polar surface area (TPSA) is 15.7 Å². The van der Waals surface area contributed by atoms with E-state index in [9.17, 15) is 0 Å². The number of hydrogen-bond acceptors (Lipinski definition) is 3. The highest BCUT2D eigenvalue weighted by Gasteiger charge is 2.53. The molecule has 0 amide bonds. The molecule has 0 saturated heterocycles. The van der Waals surface area contributed by atoms with Gasteiger partial charge in [0.25, 0.3) is 0 Å². The summed E-state index contributed by atoms with van der Waals surface area (Å²) in [5.41, 5.74) is 13.6. The Labute approximate surface area is 268 Å². The summed E-state index contributed by atoms with van der Waals surface area (Å²) in [5.74, 6) is 1.75. The lowest BCUT2D eigenvalue weighted by molar-refractivity contribution is 0.478. The summed E-state index contributed by atoms with van der Waals surface area (Å²) >= 11 is 0. The average molecular weight is 589 g/mol. The minimum Gasteiger partial charge on any atom is -0.452 e. The maximum atomic E-state index is 6.98. The van der Waals surface area contributed by atoms with Gasteiger partial charge in [-0.2, -0.15) is 0 Å². The summed E-state index contributed by atoms with van der Waals surface area (Å²) < 4.78 is 6.98. The smallest absolute Gasteiger partial charge is 0.159 e. The molecule has 2 aliphatic heterocycles. The van der Waals surface area contributed by atoms with Gasteiger partial charge >= 0.3 is 0 Å². The van der Waals surface area contributed by atoms with E-state index >= 15 is 0 Å². The fourth-order valence-electron chi connectivity index (χ4n) is 8.11. The van der Waals surface area contributed by atoms with Crippen molar-refractivity contribution < 1.29 is 4.74 Å². The van der Waals surface area contributed by atoms with Crippen LogP contribution in [-0.2, 0) is 5.41 Å². The van der Waals surface area contributed by atoms with Gasteiger partial charge in [-0.1, -0.05) is 115 Å². The summed E-state index contributed by atoms with van der Waals surface area (Å²) in [6, 6.07) is 61.0. The minimum atomic E-state index is -0.530. The number of benzene rings is 7. The second-order valence-electron chi connectivity index (χ2n) is 12.1. The highest BCUT2D eigenvalue weighted by molar-refractivity contribution is 6.01. The fourth-order valence-corrected chi connectivity index (χ4v) is 8.11. The lowest BCUT2D eigenvalue weighted by Gasteiger charge is -2.45. The number of nitrogens with zero attached hydrogens (tertiary/aromatic N) is 2. The van der Waals surface area contributed by atoms with Crippen LogP contribution in [0.25, 0.3) is 11.1 Å². The molecule has 216 valence electrons. The quantitative estimate of drug-likeness (QED) is 0.200. The van der Waals surface area contributed by atoms with Gasteiger partial charge in [-0.15, -0.1) is 0 Å². The third kappa shape index (κ3) is 3.21. The number of fused-ring (bicyclic) bond motifs is 12. The zero-order valence-electron chi connectivity index (χ0n) is 25.0. The molecule has 0 N–H and O–H groups in total. The molecule has 0 aromatic heterocycles. The highest BCUT2D eigenvalue weighted by Crippen LogP contribution is 2.67. The first-order valence-corrected chi connectivity index (χ1v) is 15.8. The van der Waals surface area contributed by atoms with Gasteiger partial charge in [0.1, 0.15) is 0 Å². The Morgan fingerprint density at radius 2 is 0.870 bits per heavy atom. The number of anilines is 6. The molecule has 0 saturated carbocycles. The van der Waals surface area contributed by atoms with Crippen molar-refractivity contribution in [2.75, 3.05) is 9.80 Å². The van der Waals surface area contributed by atoms with Crippen molar-refractivity contribution in [3.8, 4) is 22.6 Å². The molecule has 2 heterocycles. The Balaban J connectivity index is 1.31. The van der Waals surface area contributed by atoms with Crippen LogP contribution in [0.4, 0.5) is 34.1 Å². The van der Waals surface area contributed by atoms with E-state index in [0.29, 0.717) is 0 Å². The zero-order valence-corrected chi connectivity index (χ0v) is 25.0. The van der Waals surface area contributed by atoms with Crippen molar-refractivity contribution >= 4 is 34.1 Å². The van der Waals surface area contributed by atoms with Gasteiger partial charge in [-0.25, -0.2) is 0 Å². The minimum absolute atomic E-state index is 0.530. The molecule has 0 bridgehead atoms. The van der Waals surface area contributed by atoms with Crippen molar-refractivity contribution in [3.05, 3.63) is 192 Å². The maximum Gasteiger partial charge on any atom is 0.159 e. The first kappa shape index (κ1) is 25.3. The molecule has 0 radical (unpaired) electrons. The largest absolute Gasteiger partial charge is 0.452 e. The third-order valence-corrected chi connectivity index (χ3v) is 9.83. The lowest BCUT2D eigenvalue weighted by Crippen LogP contribution is -2.36. The van der Waals surface area contributed by atoms with Crippen LogP contribution in [0, 0.1) is 0 Å². The molecule has 3 aliphatic rings. The van der Waals surface area contributed by atoms with Crippen LogP contribution < -0.4 is 14.5 Å². The van der Waals surface area contributed by atoms with E-state index in [-0.39, 0.29) is 0 Å². The number of hydrogen-bond donors (Lipinski definition) is 0. The fraction of sp³-hybridized carbons (Fsp3) is 0.0233. The Morgan fingerprint density at radius 1 is 0.370 bits per heavy atom. The van der Waals surface area contributed by atoms with Gasteiger partial charge < -0.3 is 14.5 Å². The van der Waals surface area contributed by atoms with Gasteiger partial charge in [0.05, 0.1) is 28.2 Å². The Morgan fingerprint density at radius 3 is 1.52 bits per heavy atom. The van der Waals surface area contributed by atoms with Crippen molar-refractivity contribution in [1.82, 2.24) is 0 Å². The maximum absolute atomic E-state index is 6.98. The van der Waals surface area contributed by atoms with Gasteiger partial charge in [0.15, 0.2) is 11.5 Å². The van der Waals surface area contributed by atoms with Crippen LogP contribution in [0.3, 0.4) is 0 Å². The monoisotopic (exact) mass is 588 g/mol. The van der Waals surface area contributed by atoms with E-state index < -0.39 is 5.41 Å². The molecule has 0 atom stereocenters. The number of ether oxygens (including phenoxy) is 1. The van der Waals surface area contributed by atoms with Crippen LogP contribution in [0.15, 0.2) is 170 Å². The molecule has 3 nitrogen and oxygen atoms in total. The van der Waals surface area contributed by atoms with E-state index in [4.69, 9.17) is 4.74 Å². The second kappa shape index (κ2) is 9.47. The normalized spacial score (nSPS) is 14.3. The first-order valence-electron chi connectivity index (χ1n) is 15.8. The average Bonchev–Trinajstić information content (AvgIpc) is 3.43. The summed E-state index contributed by atoms with van der Waals surface area (Å²) in [6.07, 6.45) is 0. The molecule has 7 aromatic rings. The standard InChI is InChI=1S/C43H28N2O/c1-3-15-29(16-4-1)44-36-23-11-9-21-33(36)43(34-22-10-12-24-37(34)44)32-20-8-7-19-31(32)41-35(43)27-28-39-42(41)46-40-26-14-13-25-38(40)45(39)30-17-5-2-6-18-30/h1-28H. The van der Waals surface area contributed by atoms with Crippen molar-refractivity contribution in [2.24, 2.45) is 0 Å². The van der Waals surface area contributed by atoms with Gasteiger partial charge in [0.2, 0.25) is 0 Å². The van der Waals surface area contributed by atoms with E-state index in [1.54, 1.807) is 0 Å². The number of rotatable bonds is 2. The van der Waals surface area contributed by atoms with Crippen molar-refractivity contribution in [2.45, 2.75) is 5.41 Å². The van der Waals surface area contributed by atoms with Crippen LogP contribution >= 0.6 is 0 Å². The van der Waals surface area contributed by atoms with E-state index in [0.717, 1.165) is 39.8 Å². The molecule has 1 aliphatic carbocycles. The zero-order chi connectivity index (χ0) is 30.2. The van der Waals surface area contributed by atoms with Crippen molar-refractivity contribution in [3.63, 3.8) is 0 Å². The second-order valence-corrected chi connectivity index (χ2v) is 12.1. The summed E-state index contributed by atoms with van der Waals surface area (Å²) in [7, 11) is 0. The molecule has 1 spiro atoms. The van der Waals surface area contributed by atoms with Crippen LogP contribution in [0.1, 0.15) is 22.3 Å². The number of para-hydroxylation sites is 6. The summed E-state index contributed by atoms with van der Waals surface area (Å²) in [5, 5.41) is 0. The van der Waals surface area contributed by atoms with Crippen LogP contribution in [-0.4, -0.2) is 0 Å². The predicted molar refractivity (Wildman–Crippen MR) is 187 cm³/mol. The Hall–Kier alpha value is -6.06. The molecular weight excluding hydrogens is 560 g/mol. The van der Waals surface area contributed by atoms with Crippen LogP contribution in [0.5, 0.6) is 11.5 Å². The molecule has 0 fully saturated rings. The lowest BCUT2D eigenvalue weighted by atomic mass is 9.64. The predicted octanol–water partition coefficient (Wildman–Crippen LogP) is 11.4. The van der Waals surface area contributed by atoms with Crippen molar-refractivity contribution in [1.29, 1.82) is 0 Å².